The van der Waals surface area contributed by atoms with Gasteiger partial charge in [-0.2, -0.15) is 13.2 Å². The Kier molecular flexibility index (Phi) is 2.38. The molecule has 0 radical (unpaired) electrons. The first-order valence-electron chi connectivity index (χ1n) is 4.14. The van der Waals surface area contributed by atoms with Crippen molar-refractivity contribution >= 4 is 0 Å². The Morgan fingerprint density at radius 3 is 2.33 bits per heavy atom. The molecule has 1 N–H and O–H groups in total. The molecule has 1 saturated carbocycles. The summed E-state index contributed by atoms with van der Waals surface area (Å²) in [6, 6.07) is 0. The molecule has 12 heavy (non-hydrogen) atoms. The molecule has 0 amide bonds. The lowest BCUT2D eigenvalue weighted by Crippen LogP contribution is -2.48. The van der Waals surface area contributed by atoms with Gasteiger partial charge in [0.2, 0.25) is 0 Å². The Morgan fingerprint density at radius 2 is 2.00 bits per heavy atom. The van der Waals surface area contributed by atoms with E-state index < -0.39 is 11.8 Å². The Labute approximate surface area is 69.6 Å². The second-order valence-corrected chi connectivity index (χ2v) is 3.73. The SMILES string of the molecule is CC1CCCC(O)(C(F)(F)F)C1. The van der Waals surface area contributed by atoms with Crippen molar-refractivity contribution in [1.82, 2.24) is 0 Å². The molecule has 0 bridgehead atoms. The summed E-state index contributed by atoms with van der Waals surface area (Å²) in [6.45, 7) is 1.75. The van der Waals surface area contributed by atoms with E-state index >= 15 is 0 Å². The third kappa shape index (κ3) is 1.73. The van der Waals surface area contributed by atoms with Crippen LogP contribution < -0.4 is 0 Å². The molecule has 2 unspecified atom stereocenters. The van der Waals surface area contributed by atoms with Gasteiger partial charge < -0.3 is 5.11 Å². The minimum Gasteiger partial charge on any atom is -0.380 e. The lowest BCUT2D eigenvalue weighted by atomic mass is 9.78. The van der Waals surface area contributed by atoms with Crippen LogP contribution in [0.25, 0.3) is 0 Å². The highest BCUT2D eigenvalue weighted by atomic mass is 19.4. The van der Waals surface area contributed by atoms with Crippen LogP contribution >= 0.6 is 0 Å². The topological polar surface area (TPSA) is 20.2 Å². The van der Waals surface area contributed by atoms with E-state index in [-0.39, 0.29) is 18.8 Å². The van der Waals surface area contributed by atoms with Crippen LogP contribution in [0.4, 0.5) is 13.2 Å². The average molecular weight is 182 g/mol. The Balaban J connectivity index is 2.70. The van der Waals surface area contributed by atoms with Crippen molar-refractivity contribution in [3.05, 3.63) is 0 Å². The van der Waals surface area contributed by atoms with E-state index in [1.807, 2.05) is 0 Å². The predicted molar refractivity (Wildman–Crippen MR) is 38.6 cm³/mol. The van der Waals surface area contributed by atoms with Crippen molar-refractivity contribution in [2.24, 2.45) is 5.92 Å². The highest BCUT2D eigenvalue weighted by Gasteiger charge is 2.54. The summed E-state index contributed by atoms with van der Waals surface area (Å²) in [5.74, 6) is -0.0228. The maximum atomic E-state index is 12.2. The van der Waals surface area contributed by atoms with E-state index in [0.29, 0.717) is 6.42 Å². The van der Waals surface area contributed by atoms with E-state index in [1.54, 1.807) is 6.92 Å². The van der Waals surface area contributed by atoms with Crippen molar-refractivity contribution in [2.75, 3.05) is 0 Å². The molecule has 72 valence electrons. The lowest BCUT2D eigenvalue weighted by Gasteiger charge is -2.36. The highest BCUT2D eigenvalue weighted by molar-refractivity contribution is 4.91. The van der Waals surface area contributed by atoms with Gasteiger partial charge >= 0.3 is 6.18 Å². The van der Waals surface area contributed by atoms with Crippen molar-refractivity contribution in [3.8, 4) is 0 Å². The molecule has 4 heteroatoms. The first kappa shape index (κ1) is 9.84. The average Bonchev–Trinajstić information content (AvgIpc) is 1.83. The summed E-state index contributed by atoms with van der Waals surface area (Å²) in [5, 5.41) is 9.25. The molecule has 1 aliphatic carbocycles. The van der Waals surface area contributed by atoms with Gasteiger partial charge in [-0.1, -0.05) is 13.3 Å². The first-order valence-corrected chi connectivity index (χ1v) is 4.14. The maximum absolute atomic E-state index is 12.2. The van der Waals surface area contributed by atoms with Crippen molar-refractivity contribution < 1.29 is 18.3 Å². The first-order chi connectivity index (χ1) is 5.35. The van der Waals surface area contributed by atoms with E-state index in [1.165, 1.54) is 0 Å². The summed E-state index contributed by atoms with van der Waals surface area (Å²) < 4.78 is 36.7. The standard InChI is InChI=1S/C8H13F3O/c1-6-3-2-4-7(12,5-6)8(9,10)11/h6,12H,2-5H2,1H3. The predicted octanol–water partition coefficient (Wildman–Crippen LogP) is 2.49. The molecule has 0 aromatic carbocycles. The number of hydrogen-bond acceptors (Lipinski definition) is 1. The van der Waals surface area contributed by atoms with Gasteiger partial charge in [0, 0.05) is 0 Å². The van der Waals surface area contributed by atoms with Crippen molar-refractivity contribution in [3.63, 3.8) is 0 Å². The molecule has 0 spiro atoms. The third-order valence-corrected chi connectivity index (χ3v) is 2.50. The summed E-state index contributed by atoms with van der Waals surface area (Å²) >= 11 is 0. The molecular weight excluding hydrogens is 169 g/mol. The summed E-state index contributed by atoms with van der Waals surface area (Å²) in [7, 11) is 0. The van der Waals surface area contributed by atoms with Gasteiger partial charge in [-0.05, 0) is 25.2 Å². The van der Waals surface area contributed by atoms with Crippen LogP contribution in [0.15, 0.2) is 0 Å². The summed E-state index contributed by atoms with van der Waals surface area (Å²) in [5.41, 5.74) is -2.41. The third-order valence-electron chi connectivity index (χ3n) is 2.50. The molecule has 0 aromatic heterocycles. The van der Waals surface area contributed by atoms with Crippen LogP contribution in [-0.4, -0.2) is 16.9 Å². The smallest absolute Gasteiger partial charge is 0.380 e. The van der Waals surface area contributed by atoms with Gasteiger partial charge in [-0.25, -0.2) is 0 Å². The fraction of sp³-hybridized carbons (Fsp3) is 1.00. The van der Waals surface area contributed by atoms with Crippen LogP contribution in [0.1, 0.15) is 32.6 Å². The van der Waals surface area contributed by atoms with Gasteiger partial charge in [-0.3, -0.25) is 0 Å². The molecule has 0 aliphatic heterocycles. The fourth-order valence-electron chi connectivity index (χ4n) is 1.78. The summed E-state index contributed by atoms with van der Waals surface area (Å²) in [4.78, 5) is 0. The fourth-order valence-corrected chi connectivity index (χ4v) is 1.78. The van der Waals surface area contributed by atoms with Crippen LogP contribution in [0, 0.1) is 5.92 Å². The summed E-state index contributed by atoms with van der Waals surface area (Å²) in [6.07, 6.45) is -3.48. The zero-order valence-electron chi connectivity index (χ0n) is 6.99. The second-order valence-electron chi connectivity index (χ2n) is 3.73. The van der Waals surface area contributed by atoms with E-state index in [2.05, 4.69) is 0 Å². The van der Waals surface area contributed by atoms with Crippen molar-refractivity contribution in [1.29, 1.82) is 0 Å². The van der Waals surface area contributed by atoms with E-state index in [4.69, 9.17) is 0 Å². The molecule has 0 heterocycles. The molecule has 1 fully saturated rings. The number of halogens is 3. The van der Waals surface area contributed by atoms with Crippen LogP contribution in [-0.2, 0) is 0 Å². The van der Waals surface area contributed by atoms with E-state index in [9.17, 15) is 18.3 Å². The van der Waals surface area contributed by atoms with Gasteiger partial charge in [0.15, 0.2) is 5.60 Å². The minimum absolute atomic E-state index is 0.0228. The van der Waals surface area contributed by atoms with Crippen molar-refractivity contribution in [2.45, 2.75) is 44.4 Å². The molecule has 1 nitrogen and oxygen atoms in total. The van der Waals surface area contributed by atoms with Gasteiger partial charge in [0.1, 0.15) is 0 Å². The molecule has 1 rings (SSSR count). The number of aliphatic hydroxyl groups is 1. The quantitative estimate of drug-likeness (QED) is 0.610. The lowest BCUT2D eigenvalue weighted by molar-refractivity contribution is -0.273. The van der Waals surface area contributed by atoms with Gasteiger partial charge in [0.05, 0.1) is 0 Å². The van der Waals surface area contributed by atoms with Crippen LogP contribution in [0.2, 0.25) is 0 Å². The monoisotopic (exact) mass is 182 g/mol. The number of rotatable bonds is 0. The molecular formula is C8H13F3O. The van der Waals surface area contributed by atoms with E-state index in [0.717, 1.165) is 6.42 Å². The Bertz CT molecular complexity index is 166. The minimum atomic E-state index is -4.46. The molecule has 1 aliphatic rings. The largest absolute Gasteiger partial charge is 0.417 e. The zero-order valence-corrected chi connectivity index (χ0v) is 6.99. The molecule has 0 saturated heterocycles. The number of hydrogen-bond donors (Lipinski definition) is 1. The maximum Gasteiger partial charge on any atom is 0.417 e. The molecule has 0 aromatic rings. The molecule has 2 atom stereocenters. The van der Waals surface area contributed by atoms with Gasteiger partial charge in [-0.15, -0.1) is 0 Å². The highest BCUT2D eigenvalue weighted by Crippen LogP contribution is 2.43. The second kappa shape index (κ2) is 2.91. The zero-order chi connectivity index (χ0) is 9.41. The Morgan fingerprint density at radius 1 is 1.42 bits per heavy atom. The Hall–Kier alpha value is -0.250. The van der Waals surface area contributed by atoms with Crippen LogP contribution in [0.3, 0.4) is 0 Å². The normalized spacial score (nSPS) is 38.2. The van der Waals surface area contributed by atoms with Gasteiger partial charge in [0.25, 0.3) is 0 Å². The number of alkyl halides is 3. The van der Waals surface area contributed by atoms with Crippen LogP contribution in [0.5, 0.6) is 0 Å².